The molecule has 48 heavy (non-hydrogen) atoms. The molecule has 0 aromatic heterocycles. The van der Waals surface area contributed by atoms with E-state index >= 15 is 0 Å². The molecule has 0 saturated heterocycles. The standard InChI is InChI=1S/C43H51NO4/c1-2-3-4-5-6-7-8-9-10-11-12-13-14-15-16-21-42(45)47-40-30-22-35(23-31-40)34-44-39-28-32-41(33-29-39)48-43(46)38-26-24-37(25-27-38)36-19-17-18-20-36/h17-19,22-34H,2-16,21H2,1H3. The molecule has 0 bridgehead atoms. The number of nitrogens with zero attached hydrogens (tertiary/aromatic N) is 1. The molecular formula is C43H51NO4. The lowest BCUT2D eigenvalue weighted by molar-refractivity contribution is -0.134. The summed E-state index contributed by atoms with van der Waals surface area (Å²) in [4.78, 5) is 29.4. The number of hydrogen-bond acceptors (Lipinski definition) is 5. The quantitative estimate of drug-likeness (QED) is 0.0358. The van der Waals surface area contributed by atoms with Gasteiger partial charge in [0.05, 0.1) is 11.3 Å². The van der Waals surface area contributed by atoms with Crippen LogP contribution in [0.2, 0.25) is 0 Å². The fraction of sp³-hybridized carbons (Fsp3) is 0.395. The average Bonchev–Trinajstić information content (AvgIpc) is 3.66. The van der Waals surface area contributed by atoms with Crippen LogP contribution in [0.25, 0.3) is 5.57 Å². The SMILES string of the molecule is CCCCCCCCCCCCCCCCCC(=O)Oc1ccc(C=Nc2ccc(OC(=O)c3ccc(C4=C=CC=C4)cc3)cc2)cc1. The summed E-state index contributed by atoms with van der Waals surface area (Å²) in [6.07, 6.45) is 27.5. The van der Waals surface area contributed by atoms with Crippen molar-refractivity contribution in [1.82, 2.24) is 0 Å². The fourth-order valence-electron chi connectivity index (χ4n) is 5.66. The summed E-state index contributed by atoms with van der Waals surface area (Å²) in [6.45, 7) is 2.27. The first-order chi connectivity index (χ1) is 23.6. The number of carbonyl (C=O) groups is 2. The predicted octanol–water partition coefficient (Wildman–Crippen LogP) is 11.9. The molecule has 5 heteroatoms. The molecule has 0 amide bonds. The molecule has 0 N–H and O–H groups in total. The summed E-state index contributed by atoms with van der Waals surface area (Å²) in [5.41, 5.74) is 7.23. The third kappa shape index (κ3) is 13.7. The summed E-state index contributed by atoms with van der Waals surface area (Å²) in [5, 5.41) is 0. The molecule has 0 heterocycles. The molecule has 0 saturated carbocycles. The maximum Gasteiger partial charge on any atom is 0.343 e. The first-order valence-electron chi connectivity index (χ1n) is 18.0. The van der Waals surface area contributed by atoms with Gasteiger partial charge in [0.15, 0.2) is 0 Å². The second kappa shape index (κ2) is 21.4. The van der Waals surface area contributed by atoms with Crippen LogP contribution in [0.1, 0.15) is 131 Å². The number of benzene rings is 3. The van der Waals surface area contributed by atoms with Crippen molar-refractivity contribution >= 4 is 29.4 Å². The zero-order valence-electron chi connectivity index (χ0n) is 28.6. The minimum absolute atomic E-state index is 0.180. The first-order valence-corrected chi connectivity index (χ1v) is 18.0. The molecule has 0 fully saturated rings. The van der Waals surface area contributed by atoms with Gasteiger partial charge in [0.25, 0.3) is 0 Å². The molecule has 3 aromatic carbocycles. The Morgan fingerprint density at radius 1 is 0.646 bits per heavy atom. The van der Waals surface area contributed by atoms with E-state index in [9.17, 15) is 9.59 Å². The van der Waals surface area contributed by atoms with Crippen molar-refractivity contribution in [3.63, 3.8) is 0 Å². The second-order valence-corrected chi connectivity index (χ2v) is 12.5. The summed E-state index contributed by atoms with van der Waals surface area (Å²) >= 11 is 0. The van der Waals surface area contributed by atoms with Crippen LogP contribution < -0.4 is 9.47 Å². The van der Waals surface area contributed by atoms with Crippen molar-refractivity contribution < 1.29 is 19.1 Å². The maximum atomic E-state index is 12.6. The lowest BCUT2D eigenvalue weighted by Crippen LogP contribution is -2.08. The van der Waals surface area contributed by atoms with Crippen LogP contribution in [0.4, 0.5) is 5.69 Å². The van der Waals surface area contributed by atoms with Gasteiger partial charge in [0, 0.05) is 18.2 Å². The van der Waals surface area contributed by atoms with Gasteiger partial charge < -0.3 is 9.47 Å². The summed E-state index contributed by atoms with van der Waals surface area (Å²) in [7, 11) is 0. The number of allylic oxidation sites excluding steroid dienone is 3. The number of rotatable bonds is 22. The Morgan fingerprint density at radius 3 is 1.75 bits per heavy atom. The Hall–Kier alpha value is -4.47. The van der Waals surface area contributed by atoms with Gasteiger partial charge >= 0.3 is 11.9 Å². The van der Waals surface area contributed by atoms with E-state index in [-0.39, 0.29) is 5.97 Å². The van der Waals surface area contributed by atoms with Gasteiger partial charge in [-0.25, -0.2) is 4.79 Å². The van der Waals surface area contributed by atoms with Gasteiger partial charge in [0.1, 0.15) is 11.5 Å². The van der Waals surface area contributed by atoms with E-state index in [0.29, 0.717) is 23.5 Å². The largest absolute Gasteiger partial charge is 0.427 e. The maximum absolute atomic E-state index is 12.6. The number of unbranched alkanes of at least 4 members (excludes halogenated alkanes) is 14. The number of ether oxygens (including phenoxy) is 2. The summed E-state index contributed by atoms with van der Waals surface area (Å²) in [6, 6.07) is 21.6. The van der Waals surface area contributed by atoms with Crippen LogP contribution in [0, 0.1) is 0 Å². The number of hydrogen-bond donors (Lipinski definition) is 0. The average molecular weight is 646 g/mol. The van der Waals surface area contributed by atoms with Gasteiger partial charge in [-0.15, -0.1) is 5.73 Å². The molecule has 4 rings (SSSR count). The minimum atomic E-state index is -0.417. The highest BCUT2D eigenvalue weighted by molar-refractivity contribution is 5.92. The molecule has 1 aliphatic carbocycles. The summed E-state index contributed by atoms with van der Waals surface area (Å²) in [5.74, 6) is 0.395. The third-order valence-corrected chi connectivity index (χ3v) is 8.54. The molecule has 0 unspecified atom stereocenters. The molecule has 5 nitrogen and oxygen atoms in total. The normalized spacial score (nSPS) is 12.1. The highest BCUT2D eigenvalue weighted by atomic mass is 16.5. The molecule has 1 aliphatic rings. The smallest absolute Gasteiger partial charge is 0.343 e. The molecule has 0 aliphatic heterocycles. The van der Waals surface area contributed by atoms with Gasteiger partial charge in [-0.2, -0.15) is 0 Å². The monoisotopic (exact) mass is 645 g/mol. The van der Waals surface area contributed by atoms with Crippen LogP contribution in [0.5, 0.6) is 11.5 Å². The number of carbonyl (C=O) groups excluding carboxylic acids is 2. The lowest BCUT2D eigenvalue weighted by atomic mass is 10.0. The van der Waals surface area contributed by atoms with E-state index in [4.69, 9.17) is 9.47 Å². The van der Waals surface area contributed by atoms with E-state index < -0.39 is 5.97 Å². The topological polar surface area (TPSA) is 65.0 Å². The van der Waals surface area contributed by atoms with E-state index in [1.807, 2.05) is 42.5 Å². The van der Waals surface area contributed by atoms with Gasteiger partial charge in [-0.1, -0.05) is 115 Å². The van der Waals surface area contributed by atoms with Crippen LogP contribution >= 0.6 is 0 Å². The Balaban J connectivity index is 1.05. The van der Waals surface area contributed by atoms with Crippen molar-refractivity contribution in [2.24, 2.45) is 4.99 Å². The molecule has 252 valence electrons. The van der Waals surface area contributed by atoms with Crippen molar-refractivity contribution in [1.29, 1.82) is 0 Å². The Bertz CT molecular complexity index is 1530. The molecule has 3 aromatic rings. The molecule has 0 radical (unpaired) electrons. The fourth-order valence-corrected chi connectivity index (χ4v) is 5.66. The highest BCUT2D eigenvalue weighted by Gasteiger charge is 2.10. The van der Waals surface area contributed by atoms with E-state index in [2.05, 4.69) is 17.6 Å². The highest BCUT2D eigenvalue weighted by Crippen LogP contribution is 2.22. The van der Waals surface area contributed by atoms with Gasteiger partial charge in [0.2, 0.25) is 0 Å². The lowest BCUT2D eigenvalue weighted by Gasteiger charge is -2.06. The zero-order valence-corrected chi connectivity index (χ0v) is 28.6. The number of esters is 2. The Kier molecular flexibility index (Phi) is 16.2. The van der Waals surface area contributed by atoms with Crippen molar-refractivity contribution in [3.05, 3.63) is 113 Å². The van der Waals surface area contributed by atoms with Gasteiger partial charge in [-0.05, 0) is 90.4 Å². The third-order valence-electron chi connectivity index (χ3n) is 8.54. The van der Waals surface area contributed by atoms with Crippen LogP contribution in [-0.2, 0) is 4.79 Å². The van der Waals surface area contributed by atoms with Crippen molar-refractivity contribution in [3.8, 4) is 11.5 Å². The van der Waals surface area contributed by atoms with Crippen LogP contribution in [0.15, 0.2) is 102 Å². The first kappa shape index (κ1) is 36.4. The van der Waals surface area contributed by atoms with Crippen molar-refractivity contribution in [2.45, 2.75) is 110 Å². The van der Waals surface area contributed by atoms with Crippen molar-refractivity contribution in [2.75, 3.05) is 0 Å². The van der Waals surface area contributed by atoms with E-state index in [1.54, 1.807) is 54.7 Å². The molecule has 0 spiro atoms. The number of aliphatic imine (C=N–C) groups is 1. The molecular weight excluding hydrogens is 594 g/mol. The predicted molar refractivity (Wildman–Crippen MR) is 197 cm³/mol. The van der Waals surface area contributed by atoms with Crippen LogP contribution in [0.3, 0.4) is 0 Å². The summed E-state index contributed by atoms with van der Waals surface area (Å²) < 4.78 is 11.1. The van der Waals surface area contributed by atoms with E-state index in [1.165, 1.54) is 83.5 Å². The second-order valence-electron chi connectivity index (χ2n) is 12.5. The van der Waals surface area contributed by atoms with Gasteiger partial charge in [-0.3, -0.25) is 9.79 Å². The van der Waals surface area contributed by atoms with Crippen LogP contribution in [-0.4, -0.2) is 18.2 Å². The van der Waals surface area contributed by atoms with E-state index in [0.717, 1.165) is 35.2 Å². The Morgan fingerprint density at radius 2 is 1.19 bits per heavy atom. The molecule has 0 atom stereocenters. The zero-order chi connectivity index (χ0) is 33.7. The minimum Gasteiger partial charge on any atom is -0.427 e. The Labute approximate surface area is 287 Å².